The van der Waals surface area contributed by atoms with E-state index in [0.717, 1.165) is 48.2 Å². The third kappa shape index (κ3) is 5.91. The van der Waals surface area contributed by atoms with Crippen LogP contribution in [0.25, 0.3) is 0 Å². The molecule has 4 rings (SSSR count). The third-order valence-corrected chi connectivity index (χ3v) is 7.40. The molecule has 1 aromatic rings. The molecule has 8 heteroatoms. The molecule has 2 aliphatic carbocycles. The number of rotatable bonds is 7. The first kappa shape index (κ1) is 23.2. The minimum Gasteiger partial charge on any atom is -0.374 e. The maximum Gasteiger partial charge on any atom is 0.243 e. The Morgan fingerprint density at radius 3 is 2.67 bits per heavy atom. The van der Waals surface area contributed by atoms with Gasteiger partial charge in [0.05, 0.1) is 18.7 Å². The van der Waals surface area contributed by atoms with Crippen molar-refractivity contribution in [3.05, 3.63) is 42.0 Å². The average Bonchev–Trinajstić information content (AvgIpc) is 3.46. The summed E-state index contributed by atoms with van der Waals surface area (Å²) in [6.45, 7) is 2.29. The number of nitriles is 1. The van der Waals surface area contributed by atoms with Gasteiger partial charge >= 0.3 is 0 Å². The molecule has 0 spiro atoms. The zero-order chi connectivity index (χ0) is 23.2. The quantitative estimate of drug-likeness (QED) is 0.279. The lowest BCUT2D eigenvalue weighted by molar-refractivity contribution is -0.126. The number of carbonyl (C=O) groups is 1. The first-order chi connectivity index (χ1) is 16.0. The van der Waals surface area contributed by atoms with Gasteiger partial charge in [-0.05, 0) is 67.4 Å². The zero-order valence-electron chi connectivity index (χ0n) is 19.1. The van der Waals surface area contributed by atoms with E-state index in [2.05, 4.69) is 39.0 Å². The smallest absolute Gasteiger partial charge is 0.243 e. The van der Waals surface area contributed by atoms with Gasteiger partial charge < -0.3 is 15.1 Å². The van der Waals surface area contributed by atoms with Gasteiger partial charge in [0, 0.05) is 44.3 Å². The summed E-state index contributed by atoms with van der Waals surface area (Å²) in [6, 6.07) is 10.5. The lowest BCUT2D eigenvalue weighted by Gasteiger charge is -2.35. The van der Waals surface area contributed by atoms with Gasteiger partial charge in [0.2, 0.25) is 5.91 Å². The van der Waals surface area contributed by atoms with E-state index in [0.29, 0.717) is 24.9 Å². The van der Waals surface area contributed by atoms with Crippen LogP contribution in [0.15, 0.2) is 41.5 Å². The molecule has 174 valence electrons. The molecular weight excluding hydrogens is 432 g/mol. The Hall–Kier alpha value is -2.92. The van der Waals surface area contributed by atoms with Gasteiger partial charge in [-0.3, -0.25) is 4.79 Å². The molecule has 1 saturated carbocycles. The molecule has 0 radical (unpaired) electrons. The number of hydrogen-bond donors (Lipinski definition) is 2. The number of hydrogen-bond acceptors (Lipinski definition) is 5. The van der Waals surface area contributed by atoms with Crippen molar-refractivity contribution in [2.75, 3.05) is 31.6 Å². The van der Waals surface area contributed by atoms with E-state index in [1.165, 1.54) is 12.8 Å². The van der Waals surface area contributed by atoms with Crippen LogP contribution in [0.3, 0.4) is 0 Å². The summed E-state index contributed by atoms with van der Waals surface area (Å²) in [5.41, 5.74) is 4.65. The fourth-order valence-corrected chi connectivity index (χ4v) is 5.30. The molecule has 1 heterocycles. The van der Waals surface area contributed by atoms with Crippen molar-refractivity contribution in [2.45, 2.75) is 38.1 Å². The highest BCUT2D eigenvalue weighted by molar-refractivity contribution is 7.80. The number of piperidine rings is 1. The van der Waals surface area contributed by atoms with Crippen molar-refractivity contribution >= 4 is 35.1 Å². The highest BCUT2D eigenvalue weighted by Crippen LogP contribution is 2.39. The van der Waals surface area contributed by atoms with Gasteiger partial charge in [-0.2, -0.15) is 10.4 Å². The Morgan fingerprint density at radius 2 is 2.03 bits per heavy atom. The molecule has 3 unspecified atom stereocenters. The minimum atomic E-state index is -0.0391. The van der Waals surface area contributed by atoms with Crippen LogP contribution in [0.2, 0.25) is 0 Å². The molecule has 1 amide bonds. The molecule has 0 aromatic heterocycles. The Kier molecular flexibility index (Phi) is 7.61. The van der Waals surface area contributed by atoms with Crippen LogP contribution in [-0.2, 0) is 4.79 Å². The van der Waals surface area contributed by atoms with E-state index in [1.807, 2.05) is 36.2 Å². The number of thiocarbonyl (C=S) groups is 1. The monoisotopic (exact) mass is 464 g/mol. The summed E-state index contributed by atoms with van der Waals surface area (Å²) in [5.74, 6) is 1.27. The van der Waals surface area contributed by atoms with Gasteiger partial charge in [0.15, 0.2) is 5.11 Å². The van der Waals surface area contributed by atoms with Gasteiger partial charge in [-0.15, -0.1) is 0 Å². The average molecular weight is 465 g/mol. The molecule has 33 heavy (non-hydrogen) atoms. The predicted molar refractivity (Wildman–Crippen MR) is 135 cm³/mol. The second-order valence-electron chi connectivity index (χ2n) is 9.25. The maximum atomic E-state index is 12.5. The van der Waals surface area contributed by atoms with E-state index in [-0.39, 0.29) is 11.8 Å². The highest BCUT2D eigenvalue weighted by Gasteiger charge is 2.36. The molecule has 2 N–H and O–H groups in total. The molecule has 2 bridgehead atoms. The summed E-state index contributed by atoms with van der Waals surface area (Å²) in [6.07, 6.45) is 10.8. The molecule has 7 nitrogen and oxygen atoms in total. The predicted octanol–water partition coefficient (Wildman–Crippen LogP) is 3.04. The number of nitrogens with zero attached hydrogens (tertiary/aromatic N) is 4. The largest absolute Gasteiger partial charge is 0.374 e. The number of fused-ring (bicyclic) bond motifs is 2. The summed E-state index contributed by atoms with van der Waals surface area (Å²) < 4.78 is 0. The van der Waals surface area contributed by atoms with Crippen LogP contribution in [-0.4, -0.2) is 54.9 Å². The topological polar surface area (TPSA) is 83.8 Å². The van der Waals surface area contributed by atoms with E-state index in [4.69, 9.17) is 17.5 Å². The van der Waals surface area contributed by atoms with Crippen molar-refractivity contribution in [3.8, 4) is 6.07 Å². The Bertz CT molecular complexity index is 945. The number of hydrazone groups is 1. The molecule has 1 saturated heterocycles. The second-order valence-corrected chi connectivity index (χ2v) is 9.64. The first-order valence-corrected chi connectivity index (χ1v) is 12.2. The minimum absolute atomic E-state index is 0.0316. The van der Waals surface area contributed by atoms with Crippen LogP contribution in [0.4, 0.5) is 5.69 Å². The van der Waals surface area contributed by atoms with Crippen LogP contribution < -0.4 is 15.6 Å². The molecule has 2 fully saturated rings. The summed E-state index contributed by atoms with van der Waals surface area (Å²) in [4.78, 5) is 16.8. The van der Waals surface area contributed by atoms with E-state index >= 15 is 0 Å². The summed E-state index contributed by atoms with van der Waals surface area (Å²) in [5, 5.41) is 17.2. The van der Waals surface area contributed by atoms with Crippen molar-refractivity contribution in [2.24, 2.45) is 22.9 Å². The number of nitrogens with one attached hydrogen (secondary N) is 2. The third-order valence-electron chi connectivity index (χ3n) is 7.02. The number of likely N-dealkylation sites (tertiary alicyclic amines) is 1. The standard InChI is InChI=1S/C25H32N6OS/c1-30(12-2-11-26)22-7-4-18(5-8-22)17-27-29-24(32)20-9-13-31(14-10-20)25(33)28-23-16-19-3-6-21(23)15-19/h3-8,17,19-21,23H,2,9-10,12-16H2,1H3,(H,28,33)(H,29,32)/b27-17+. The fraction of sp³-hybridized carbons (Fsp3) is 0.520. The van der Waals surface area contributed by atoms with E-state index in [1.54, 1.807) is 6.21 Å². The molecule has 3 aliphatic rings. The second kappa shape index (κ2) is 10.8. The van der Waals surface area contributed by atoms with Gasteiger partial charge in [-0.25, -0.2) is 5.43 Å². The van der Waals surface area contributed by atoms with Crippen LogP contribution >= 0.6 is 12.2 Å². The Labute approximate surface area is 201 Å². The summed E-state index contributed by atoms with van der Waals surface area (Å²) >= 11 is 5.65. The zero-order valence-corrected chi connectivity index (χ0v) is 19.9. The normalized spacial score (nSPS) is 24.1. The fourth-order valence-electron chi connectivity index (χ4n) is 4.96. The van der Waals surface area contributed by atoms with E-state index < -0.39 is 0 Å². The molecular formula is C25H32N6OS. The van der Waals surface area contributed by atoms with Gasteiger partial charge in [0.1, 0.15) is 0 Å². The SMILES string of the molecule is CN(CCC#N)c1ccc(/C=N/NC(=O)C2CCN(C(=S)NC3CC4C=CC3C4)CC2)cc1. The lowest BCUT2D eigenvalue weighted by atomic mass is 9.96. The Balaban J connectivity index is 1.18. The van der Waals surface area contributed by atoms with Gasteiger partial charge in [0.25, 0.3) is 0 Å². The van der Waals surface area contributed by atoms with Crippen molar-refractivity contribution < 1.29 is 4.79 Å². The Morgan fingerprint density at radius 1 is 1.27 bits per heavy atom. The van der Waals surface area contributed by atoms with Crippen LogP contribution in [0.5, 0.6) is 0 Å². The number of carbonyl (C=O) groups excluding carboxylic acids is 1. The van der Waals surface area contributed by atoms with Crippen LogP contribution in [0.1, 0.15) is 37.7 Å². The number of allylic oxidation sites excluding steroid dienone is 1. The lowest BCUT2D eigenvalue weighted by Crippen LogP contribution is -2.49. The molecule has 3 atom stereocenters. The maximum absolute atomic E-state index is 12.5. The van der Waals surface area contributed by atoms with Crippen molar-refractivity contribution in [1.82, 2.24) is 15.6 Å². The number of benzene rings is 1. The van der Waals surface area contributed by atoms with Crippen LogP contribution in [0, 0.1) is 29.1 Å². The number of anilines is 1. The molecule has 1 aliphatic heterocycles. The number of amides is 1. The van der Waals surface area contributed by atoms with Crippen molar-refractivity contribution in [1.29, 1.82) is 5.26 Å². The highest BCUT2D eigenvalue weighted by atomic mass is 32.1. The van der Waals surface area contributed by atoms with Gasteiger partial charge in [-0.1, -0.05) is 24.3 Å². The van der Waals surface area contributed by atoms with Crippen molar-refractivity contribution in [3.63, 3.8) is 0 Å². The van der Waals surface area contributed by atoms with E-state index in [9.17, 15) is 4.79 Å². The summed E-state index contributed by atoms with van der Waals surface area (Å²) in [7, 11) is 1.96. The molecule has 1 aromatic carbocycles. The first-order valence-electron chi connectivity index (χ1n) is 11.8.